The number of aromatic amines is 1. The number of aromatic nitrogens is 1. The van der Waals surface area contributed by atoms with Crippen molar-refractivity contribution < 1.29 is 9.59 Å². The van der Waals surface area contributed by atoms with E-state index >= 15 is 0 Å². The average Bonchev–Trinajstić information content (AvgIpc) is 2.97. The van der Waals surface area contributed by atoms with E-state index in [-0.39, 0.29) is 17.7 Å². The monoisotopic (exact) mass is 353 g/mol. The van der Waals surface area contributed by atoms with E-state index in [1.165, 1.54) is 5.56 Å². The zero-order valence-corrected chi connectivity index (χ0v) is 15.8. The number of aryl methyl sites for hydroxylation is 3. The number of H-pyrrole nitrogens is 1. The first kappa shape index (κ1) is 18.2. The maximum Gasteiger partial charge on any atom is 0.270 e. The van der Waals surface area contributed by atoms with Gasteiger partial charge in [0.25, 0.3) is 5.91 Å². The molecule has 1 aliphatic rings. The summed E-state index contributed by atoms with van der Waals surface area (Å²) in [5, 5.41) is 3.03. The Labute approximate surface area is 154 Å². The average molecular weight is 353 g/mol. The topological polar surface area (TPSA) is 65.2 Å². The van der Waals surface area contributed by atoms with Crippen molar-refractivity contribution in [1.82, 2.24) is 15.2 Å². The lowest BCUT2D eigenvalue weighted by Gasteiger charge is -2.32. The lowest BCUT2D eigenvalue weighted by atomic mass is 9.96. The minimum atomic E-state index is -0.145. The number of amides is 2. The molecule has 0 spiro atoms. The van der Waals surface area contributed by atoms with Crippen LogP contribution >= 0.6 is 0 Å². The van der Waals surface area contributed by atoms with E-state index in [9.17, 15) is 9.59 Å². The summed E-state index contributed by atoms with van der Waals surface area (Å²) in [7, 11) is 0. The van der Waals surface area contributed by atoms with E-state index in [2.05, 4.69) is 16.4 Å². The Hall–Kier alpha value is -2.56. The van der Waals surface area contributed by atoms with Crippen LogP contribution in [-0.2, 0) is 11.3 Å². The molecule has 1 aromatic heterocycles. The van der Waals surface area contributed by atoms with Crippen LogP contribution in [0.3, 0.4) is 0 Å². The van der Waals surface area contributed by atoms with Crippen LogP contribution in [-0.4, -0.2) is 34.8 Å². The van der Waals surface area contributed by atoms with Gasteiger partial charge in [-0.15, -0.1) is 0 Å². The fourth-order valence-corrected chi connectivity index (χ4v) is 3.64. The number of rotatable bonds is 4. The van der Waals surface area contributed by atoms with E-state index in [0.717, 1.165) is 29.7 Å². The van der Waals surface area contributed by atoms with Gasteiger partial charge in [-0.25, -0.2) is 0 Å². The van der Waals surface area contributed by atoms with Crippen molar-refractivity contribution in [3.05, 3.63) is 58.4 Å². The highest BCUT2D eigenvalue weighted by atomic mass is 16.2. The summed E-state index contributed by atoms with van der Waals surface area (Å²) in [5.41, 5.74) is 4.86. The predicted octanol–water partition coefficient (Wildman–Crippen LogP) is 3.11. The summed E-state index contributed by atoms with van der Waals surface area (Å²) in [6.07, 6.45) is 1.68. The van der Waals surface area contributed by atoms with Crippen molar-refractivity contribution >= 4 is 11.8 Å². The molecule has 2 heterocycles. The molecule has 0 unspecified atom stereocenters. The van der Waals surface area contributed by atoms with E-state index < -0.39 is 0 Å². The summed E-state index contributed by atoms with van der Waals surface area (Å²) in [6.45, 7) is 7.64. The second-order valence-electron chi connectivity index (χ2n) is 7.31. The Morgan fingerprint density at radius 2 is 2.04 bits per heavy atom. The van der Waals surface area contributed by atoms with Gasteiger partial charge in [-0.1, -0.05) is 29.8 Å². The number of carbonyl (C=O) groups excluding carboxylic acids is 2. The molecule has 1 fully saturated rings. The molecule has 138 valence electrons. The Morgan fingerprint density at radius 3 is 2.73 bits per heavy atom. The lowest BCUT2D eigenvalue weighted by molar-refractivity contribution is -0.126. The van der Waals surface area contributed by atoms with Gasteiger partial charge in [-0.05, 0) is 50.8 Å². The van der Waals surface area contributed by atoms with Crippen LogP contribution in [0.2, 0.25) is 0 Å². The molecule has 1 aromatic carbocycles. The second kappa shape index (κ2) is 7.77. The molecule has 0 bridgehead atoms. The summed E-state index contributed by atoms with van der Waals surface area (Å²) >= 11 is 0. The van der Waals surface area contributed by atoms with Crippen LogP contribution < -0.4 is 5.32 Å². The summed E-state index contributed by atoms with van der Waals surface area (Å²) < 4.78 is 0. The normalized spacial score (nSPS) is 17.2. The molecule has 0 aliphatic carbocycles. The molecule has 5 heteroatoms. The van der Waals surface area contributed by atoms with Crippen molar-refractivity contribution in [3.63, 3.8) is 0 Å². The number of nitrogens with zero attached hydrogens (tertiary/aromatic N) is 1. The van der Waals surface area contributed by atoms with Crippen LogP contribution in [0.1, 0.15) is 45.7 Å². The molecule has 1 atom stereocenters. The van der Waals surface area contributed by atoms with Crippen LogP contribution in [0.15, 0.2) is 30.3 Å². The van der Waals surface area contributed by atoms with E-state index in [0.29, 0.717) is 25.3 Å². The third kappa shape index (κ3) is 4.15. The zero-order chi connectivity index (χ0) is 18.7. The minimum Gasteiger partial charge on any atom is -0.354 e. The highest BCUT2D eigenvalue weighted by Gasteiger charge is 2.29. The number of likely N-dealkylation sites (tertiary alicyclic amines) is 1. The second-order valence-corrected chi connectivity index (χ2v) is 7.31. The standard InChI is InChI=1S/C21H27N3O2/c1-14-6-4-7-17(10-14)12-22-20(25)18-8-5-9-24(13-18)21(26)19-15(2)11-16(3)23-19/h4,6-7,10-11,18,23H,5,8-9,12-13H2,1-3H3,(H,22,25)/t18-/m0/s1. The number of benzene rings is 1. The van der Waals surface area contributed by atoms with Crippen molar-refractivity contribution in [2.75, 3.05) is 13.1 Å². The van der Waals surface area contributed by atoms with Gasteiger partial charge < -0.3 is 15.2 Å². The molecule has 2 N–H and O–H groups in total. The molecule has 2 amide bonds. The fraction of sp³-hybridized carbons (Fsp3) is 0.429. The number of piperidine rings is 1. The van der Waals surface area contributed by atoms with Gasteiger partial charge in [0.2, 0.25) is 5.91 Å². The van der Waals surface area contributed by atoms with Crippen LogP contribution in [0.4, 0.5) is 0 Å². The Morgan fingerprint density at radius 1 is 1.23 bits per heavy atom. The summed E-state index contributed by atoms with van der Waals surface area (Å²) in [5.74, 6) is -0.121. The number of carbonyl (C=O) groups is 2. The third-order valence-corrected chi connectivity index (χ3v) is 4.99. The minimum absolute atomic E-state index is 0.00761. The quantitative estimate of drug-likeness (QED) is 0.887. The molecule has 3 rings (SSSR count). The zero-order valence-electron chi connectivity index (χ0n) is 15.8. The van der Waals surface area contributed by atoms with Gasteiger partial charge in [0, 0.05) is 25.3 Å². The predicted molar refractivity (Wildman–Crippen MR) is 102 cm³/mol. The molecule has 5 nitrogen and oxygen atoms in total. The first-order chi connectivity index (χ1) is 12.4. The van der Waals surface area contributed by atoms with Gasteiger partial charge in [0.1, 0.15) is 5.69 Å². The summed E-state index contributed by atoms with van der Waals surface area (Å²) in [6, 6.07) is 10.1. The van der Waals surface area contributed by atoms with Crippen LogP contribution in [0, 0.1) is 26.7 Å². The third-order valence-electron chi connectivity index (χ3n) is 4.99. The van der Waals surface area contributed by atoms with Crippen LogP contribution in [0.25, 0.3) is 0 Å². The molecular formula is C21H27N3O2. The lowest BCUT2D eigenvalue weighted by Crippen LogP contribution is -2.45. The molecule has 1 saturated heterocycles. The molecular weight excluding hydrogens is 326 g/mol. The van der Waals surface area contributed by atoms with E-state index in [4.69, 9.17) is 0 Å². The first-order valence-corrected chi connectivity index (χ1v) is 9.23. The number of nitrogens with one attached hydrogen (secondary N) is 2. The Kier molecular flexibility index (Phi) is 5.45. The highest BCUT2D eigenvalue weighted by Crippen LogP contribution is 2.20. The van der Waals surface area contributed by atoms with Gasteiger partial charge in [-0.2, -0.15) is 0 Å². The molecule has 2 aromatic rings. The van der Waals surface area contributed by atoms with Crippen LogP contribution in [0.5, 0.6) is 0 Å². The van der Waals surface area contributed by atoms with Gasteiger partial charge in [0.15, 0.2) is 0 Å². The first-order valence-electron chi connectivity index (χ1n) is 9.23. The smallest absolute Gasteiger partial charge is 0.270 e. The maximum atomic E-state index is 12.8. The SMILES string of the molecule is Cc1cccc(CNC(=O)[C@H]2CCCN(C(=O)c3[nH]c(C)cc3C)C2)c1. The van der Waals surface area contributed by atoms with Gasteiger partial charge in [-0.3, -0.25) is 9.59 Å². The maximum absolute atomic E-state index is 12.8. The molecule has 0 radical (unpaired) electrons. The summed E-state index contributed by atoms with van der Waals surface area (Å²) in [4.78, 5) is 30.3. The largest absolute Gasteiger partial charge is 0.354 e. The molecule has 26 heavy (non-hydrogen) atoms. The van der Waals surface area contributed by atoms with E-state index in [1.807, 2.05) is 45.0 Å². The Balaban J connectivity index is 1.60. The van der Waals surface area contributed by atoms with E-state index in [1.54, 1.807) is 4.90 Å². The molecule has 1 aliphatic heterocycles. The van der Waals surface area contributed by atoms with Gasteiger partial charge >= 0.3 is 0 Å². The fourth-order valence-electron chi connectivity index (χ4n) is 3.64. The van der Waals surface area contributed by atoms with Crippen molar-refractivity contribution in [1.29, 1.82) is 0 Å². The van der Waals surface area contributed by atoms with Crippen molar-refractivity contribution in [2.24, 2.45) is 5.92 Å². The van der Waals surface area contributed by atoms with Gasteiger partial charge in [0.05, 0.1) is 5.92 Å². The number of hydrogen-bond donors (Lipinski definition) is 2. The number of hydrogen-bond acceptors (Lipinski definition) is 2. The highest BCUT2D eigenvalue weighted by molar-refractivity contribution is 5.94. The Bertz CT molecular complexity index is 809. The van der Waals surface area contributed by atoms with Crippen molar-refractivity contribution in [2.45, 2.75) is 40.2 Å². The van der Waals surface area contributed by atoms with Crippen molar-refractivity contribution in [3.8, 4) is 0 Å². The molecule has 0 saturated carbocycles.